The molecule has 10 aromatic rings. The Bertz CT molecular complexity index is 3970. The number of pyridine rings is 1. The molecule has 0 bridgehead atoms. The highest BCUT2D eigenvalue weighted by atomic mass is 16.3. The lowest BCUT2D eigenvalue weighted by Crippen LogP contribution is -2.17. The van der Waals surface area contributed by atoms with Crippen LogP contribution in [0.2, 0.25) is 0 Å². The summed E-state index contributed by atoms with van der Waals surface area (Å²) in [5.74, 6) is 0.653. The molecule has 346 valence electrons. The number of hydrogen-bond acceptors (Lipinski definition) is 3. The van der Waals surface area contributed by atoms with Gasteiger partial charge in [-0.25, -0.2) is 4.98 Å². The van der Waals surface area contributed by atoms with E-state index in [4.69, 9.17) is 14.6 Å². The van der Waals surface area contributed by atoms with Gasteiger partial charge in [-0.15, -0.1) is 0 Å². The fourth-order valence-corrected chi connectivity index (χ4v) is 9.34. The SMILES string of the molecule is [2H]c1nc(-c2cc(-c3ccccc3)cc(-c3cccc4c3nc(-c3cc(C(C)(C)C)cc(C(C)(C)C)c3O)n4-c3cc(-c4ccccc4)c(C(C)(C)C)cc3-c3ccccc3)c2)c([2H])c(-c2c([2H])c([2H])c([2H])c([2H])c2[2H])c1[2H]. The van der Waals surface area contributed by atoms with Crippen molar-refractivity contribution >= 4 is 11.0 Å². The van der Waals surface area contributed by atoms with Gasteiger partial charge in [-0.3, -0.25) is 9.55 Å². The van der Waals surface area contributed by atoms with Crippen molar-refractivity contribution < 1.29 is 16.1 Å². The summed E-state index contributed by atoms with van der Waals surface area (Å²) in [6.45, 7) is 19.5. The Hall–Kier alpha value is -7.82. The van der Waals surface area contributed by atoms with Gasteiger partial charge in [0.25, 0.3) is 0 Å². The van der Waals surface area contributed by atoms with Crippen molar-refractivity contribution in [1.29, 1.82) is 0 Å². The molecule has 0 atom stereocenters. The minimum absolute atomic E-state index is 0.00579. The molecule has 0 aliphatic rings. The van der Waals surface area contributed by atoms with Gasteiger partial charge in [0, 0.05) is 28.4 Å². The topological polar surface area (TPSA) is 50.9 Å². The summed E-state index contributed by atoms with van der Waals surface area (Å²) in [6.07, 6.45) is -0.520. The van der Waals surface area contributed by atoms with Crippen molar-refractivity contribution in [2.24, 2.45) is 0 Å². The third kappa shape index (κ3) is 8.87. The summed E-state index contributed by atoms with van der Waals surface area (Å²) >= 11 is 0. The van der Waals surface area contributed by atoms with E-state index in [1.165, 1.54) is 0 Å². The predicted molar refractivity (Wildman–Crippen MR) is 295 cm³/mol. The summed E-state index contributed by atoms with van der Waals surface area (Å²) < 4.78 is 72.6. The first-order chi connectivity index (χ1) is 36.8. The van der Waals surface area contributed by atoms with Crippen molar-refractivity contribution in [2.45, 2.75) is 78.6 Å². The van der Waals surface area contributed by atoms with E-state index in [1.807, 2.05) is 84.9 Å². The van der Waals surface area contributed by atoms with E-state index in [2.05, 4.69) is 139 Å². The molecule has 0 saturated carbocycles. The Balaban J connectivity index is 1.35. The number of phenols is 1. The third-order valence-electron chi connectivity index (χ3n) is 13.0. The number of nitrogens with zero attached hydrogens (tertiary/aromatic N) is 3. The molecule has 0 aliphatic heterocycles. The largest absolute Gasteiger partial charge is 0.507 e. The molecule has 0 radical (unpaired) electrons. The van der Waals surface area contributed by atoms with Crippen LogP contribution in [0.5, 0.6) is 5.75 Å². The quantitative estimate of drug-likeness (QED) is 0.165. The Labute approximate surface area is 425 Å². The van der Waals surface area contributed by atoms with E-state index in [-0.39, 0.29) is 39.4 Å². The molecular formula is C66H61N3O. The molecule has 0 aliphatic carbocycles. The molecule has 2 heterocycles. The lowest BCUT2D eigenvalue weighted by atomic mass is 9.78. The van der Waals surface area contributed by atoms with Gasteiger partial charge in [-0.1, -0.05) is 202 Å². The lowest BCUT2D eigenvalue weighted by molar-refractivity contribution is 0.446. The van der Waals surface area contributed by atoms with Gasteiger partial charge < -0.3 is 5.11 Å². The predicted octanol–water partition coefficient (Wildman–Crippen LogP) is 17.7. The molecule has 10 rings (SSSR count). The average Bonchev–Trinajstić information content (AvgIpc) is 3.99. The van der Waals surface area contributed by atoms with Crippen LogP contribution in [0, 0.1) is 0 Å². The number of para-hydroxylation sites is 1. The number of phenolic OH excluding ortho intramolecular Hbond substituents is 1. The third-order valence-corrected chi connectivity index (χ3v) is 13.0. The van der Waals surface area contributed by atoms with Gasteiger partial charge in [0.2, 0.25) is 0 Å². The van der Waals surface area contributed by atoms with Crippen LogP contribution in [0.25, 0.3) is 95.0 Å². The molecule has 0 spiro atoms. The molecule has 0 fully saturated rings. The molecular weight excluding hydrogens is 851 g/mol. The number of rotatable bonds is 8. The summed E-state index contributed by atoms with van der Waals surface area (Å²) in [5, 5.41) is 12.8. The zero-order chi connectivity index (χ0) is 55.9. The number of imidazole rings is 1. The highest BCUT2D eigenvalue weighted by molar-refractivity contribution is 5.99. The number of hydrogen-bond donors (Lipinski definition) is 1. The zero-order valence-electron chi connectivity index (χ0n) is 49.2. The fourth-order valence-electron chi connectivity index (χ4n) is 9.34. The highest BCUT2D eigenvalue weighted by Gasteiger charge is 2.31. The van der Waals surface area contributed by atoms with Crippen LogP contribution < -0.4 is 0 Å². The maximum atomic E-state index is 12.8. The lowest BCUT2D eigenvalue weighted by Gasteiger charge is -2.28. The normalized spacial score (nSPS) is 13.7. The van der Waals surface area contributed by atoms with Crippen molar-refractivity contribution in [1.82, 2.24) is 14.5 Å². The van der Waals surface area contributed by atoms with Crippen LogP contribution in [0.4, 0.5) is 0 Å². The molecule has 0 amide bonds. The molecule has 4 heteroatoms. The van der Waals surface area contributed by atoms with Gasteiger partial charge in [-0.2, -0.15) is 0 Å². The summed E-state index contributed by atoms with van der Waals surface area (Å²) in [6, 6.07) is 47.2. The molecule has 4 nitrogen and oxygen atoms in total. The van der Waals surface area contributed by atoms with Crippen LogP contribution in [0.1, 0.15) is 90.0 Å². The Morgan fingerprint density at radius 3 is 1.69 bits per heavy atom. The smallest absolute Gasteiger partial charge is 0.149 e. The average molecular weight is 920 g/mol. The van der Waals surface area contributed by atoms with E-state index in [9.17, 15) is 6.48 Å². The molecule has 70 heavy (non-hydrogen) atoms. The molecule has 0 unspecified atom stereocenters. The first-order valence-electron chi connectivity index (χ1n) is 27.8. The van der Waals surface area contributed by atoms with Crippen LogP contribution in [-0.2, 0) is 16.2 Å². The molecule has 8 aromatic carbocycles. The summed E-state index contributed by atoms with van der Waals surface area (Å²) in [5.41, 5.74) is 11.5. The first kappa shape index (κ1) is 37.1. The number of aromatic nitrogens is 3. The minimum atomic E-state index is -0.611. The van der Waals surface area contributed by atoms with E-state index in [0.29, 0.717) is 33.6 Å². The minimum Gasteiger partial charge on any atom is -0.507 e. The van der Waals surface area contributed by atoms with E-state index < -0.39 is 47.8 Å². The van der Waals surface area contributed by atoms with E-state index in [0.717, 1.165) is 61.3 Å². The Kier molecular flexibility index (Phi) is 9.51. The maximum Gasteiger partial charge on any atom is 0.149 e. The highest BCUT2D eigenvalue weighted by Crippen LogP contribution is 2.48. The second-order valence-electron chi connectivity index (χ2n) is 21.1. The molecule has 2 aromatic heterocycles. The van der Waals surface area contributed by atoms with Crippen LogP contribution in [0.3, 0.4) is 0 Å². The first-order valence-corrected chi connectivity index (χ1v) is 23.8. The van der Waals surface area contributed by atoms with Crippen molar-refractivity contribution in [3.63, 3.8) is 0 Å². The van der Waals surface area contributed by atoms with E-state index in [1.54, 1.807) is 0 Å². The Morgan fingerprint density at radius 1 is 0.457 bits per heavy atom. The van der Waals surface area contributed by atoms with Gasteiger partial charge in [0.15, 0.2) is 0 Å². The van der Waals surface area contributed by atoms with Gasteiger partial charge in [0.05, 0.1) is 38.9 Å². The monoisotopic (exact) mass is 920 g/mol. The van der Waals surface area contributed by atoms with Crippen LogP contribution in [-0.4, -0.2) is 19.6 Å². The second kappa shape index (κ2) is 17.9. The second-order valence-corrected chi connectivity index (χ2v) is 21.1. The Morgan fingerprint density at radius 2 is 1.06 bits per heavy atom. The van der Waals surface area contributed by atoms with Crippen molar-refractivity contribution in [3.05, 3.63) is 217 Å². The number of fused-ring (bicyclic) bond motifs is 1. The van der Waals surface area contributed by atoms with Crippen molar-refractivity contribution in [3.8, 4) is 89.7 Å². The summed E-state index contributed by atoms with van der Waals surface area (Å²) in [4.78, 5) is 10.2. The van der Waals surface area contributed by atoms with Gasteiger partial charge in [-0.05, 0) is 126 Å². The number of aromatic hydroxyl groups is 1. The summed E-state index contributed by atoms with van der Waals surface area (Å²) in [7, 11) is 0. The molecule has 1 N–H and O–H groups in total. The zero-order valence-corrected chi connectivity index (χ0v) is 41.2. The van der Waals surface area contributed by atoms with Crippen LogP contribution in [0.15, 0.2) is 200 Å². The fraction of sp³-hybridized carbons (Fsp3) is 0.182. The van der Waals surface area contributed by atoms with Gasteiger partial charge >= 0.3 is 0 Å². The maximum absolute atomic E-state index is 12.8. The molecule has 0 saturated heterocycles. The van der Waals surface area contributed by atoms with Gasteiger partial charge in [0.1, 0.15) is 11.6 Å². The van der Waals surface area contributed by atoms with Crippen molar-refractivity contribution in [2.75, 3.05) is 0 Å². The number of benzene rings is 8. The standard InChI is InChI=1S/C66H61N3O/c1-64(2,3)51-39-55(62(70)57(40-51)66(7,8)9)63-68-61-52(49-35-48(44-25-16-11-17-26-44)36-50(37-49)58-38-47(33-34-67-58)43-23-14-10-15-24-43)31-22-32-59(61)69(63)60-42-53(45-27-18-12-19-28-45)56(65(4,5)6)41-54(60)46-29-20-13-21-30-46/h10-42,70H,1-9H3/i10D,14D,15D,23D,24D,33D,34D,38D. The van der Waals surface area contributed by atoms with Crippen LogP contribution >= 0.6 is 0 Å². The van der Waals surface area contributed by atoms with E-state index >= 15 is 0 Å².